The molecule has 0 radical (unpaired) electrons. The molecule has 0 fully saturated rings. The first-order valence-electron chi connectivity index (χ1n) is 5.84. The lowest BCUT2D eigenvalue weighted by Gasteiger charge is -2.24. The maximum absolute atomic E-state index is 10.9. The van der Waals surface area contributed by atoms with Gasteiger partial charge in [-0.25, -0.2) is 0 Å². The Kier molecular flexibility index (Phi) is 3.39. The highest BCUT2D eigenvalue weighted by atomic mass is 16.5. The maximum atomic E-state index is 10.9. The first kappa shape index (κ1) is 11.3. The van der Waals surface area contributed by atoms with Crippen molar-refractivity contribution in [2.24, 2.45) is 0 Å². The summed E-state index contributed by atoms with van der Waals surface area (Å²) in [4.78, 5) is 10.9. The summed E-state index contributed by atoms with van der Waals surface area (Å²) in [6, 6.07) is 6.59. The summed E-state index contributed by atoms with van der Waals surface area (Å²) in [6.45, 7) is 3.95. The number of carbonyl (C=O) groups excluding carboxylic acids is 1. The van der Waals surface area contributed by atoms with Gasteiger partial charge in [0.25, 0.3) is 0 Å². The predicted molar refractivity (Wildman–Crippen MR) is 63.6 cm³/mol. The van der Waals surface area contributed by atoms with E-state index in [9.17, 15) is 4.79 Å². The van der Waals surface area contributed by atoms with Crippen LogP contribution < -0.4 is 0 Å². The fraction of sp³-hybridized carbons (Fsp3) is 0.500. The molecular weight excluding hydrogens is 200 g/mol. The molecule has 0 aliphatic heterocycles. The topological polar surface area (TPSA) is 26.3 Å². The Morgan fingerprint density at radius 3 is 3.00 bits per heavy atom. The molecule has 2 nitrogen and oxygen atoms in total. The first-order valence-corrected chi connectivity index (χ1v) is 5.84. The average Bonchev–Trinajstić information content (AvgIpc) is 2.26. The number of hydrogen-bond donors (Lipinski definition) is 0. The number of benzene rings is 1. The van der Waals surface area contributed by atoms with Crippen LogP contribution in [0.3, 0.4) is 0 Å². The number of ketones is 1. The van der Waals surface area contributed by atoms with Crippen molar-refractivity contribution in [1.29, 1.82) is 0 Å². The lowest BCUT2D eigenvalue weighted by Crippen LogP contribution is -2.24. The third-order valence-electron chi connectivity index (χ3n) is 3.07. The van der Waals surface area contributed by atoms with E-state index in [-0.39, 0.29) is 18.5 Å². The minimum atomic E-state index is 0.106. The maximum Gasteiger partial charge on any atom is 0.155 e. The second-order valence-corrected chi connectivity index (χ2v) is 4.65. The van der Waals surface area contributed by atoms with E-state index in [2.05, 4.69) is 25.1 Å². The van der Waals surface area contributed by atoms with E-state index in [0.29, 0.717) is 0 Å². The molecule has 1 unspecified atom stereocenters. The van der Waals surface area contributed by atoms with Gasteiger partial charge in [-0.1, -0.05) is 23.8 Å². The summed E-state index contributed by atoms with van der Waals surface area (Å²) in [5.74, 6) is 0.106. The Labute approximate surface area is 96.6 Å². The summed E-state index contributed by atoms with van der Waals surface area (Å²) in [7, 11) is 0. The molecule has 0 spiro atoms. The van der Waals surface area contributed by atoms with E-state index in [4.69, 9.17) is 4.74 Å². The number of carbonyl (C=O) groups is 1. The Hall–Kier alpha value is -1.15. The summed E-state index contributed by atoms with van der Waals surface area (Å²) in [5, 5.41) is 0. The van der Waals surface area contributed by atoms with Crippen LogP contribution in [0.2, 0.25) is 0 Å². The van der Waals surface area contributed by atoms with Crippen molar-refractivity contribution in [3.63, 3.8) is 0 Å². The monoisotopic (exact) mass is 218 g/mol. The number of rotatable bonds is 3. The largest absolute Gasteiger partial charge is 0.370 e. The van der Waals surface area contributed by atoms with E-state index in [0.717, 1.165) is 19.3 Å². The van der Waals surface area contributed by atoms with Crippen LogP contribution in [0.15, 0.2) is 18.2 Å². The van der Waals surface area contributed by atoms with Crippen molar-refractivity contribution in [3.05, 3.63) is 34.9 Å². The van der Waals surface area contributed by atoms with Crippen LogP contribution in [-0.4, -0.2) is 18.5 Å². The highest BCUT2D eigenvalue weighted by molar-refractivity contribution is 5.76. The molecule has 0 bridgehead atoms. The quantitative estimate of drug-likeness (QED) is 0.779. The summed E-state index contributed by atoms with van der Waals surface area (Å²) in [6.07, 6.45) is 3.27. The van der Waals surface area contributed by atoms with Crippen LogP contribution in [-0.2, 0) is 22.4 Å². The Balaban J connectivity index is 2.01. The highest BCUT2D eigenvalue weighted by Crippen LogP contribution is 2.24. The molecule has 0 heterocycles. The molecule has 16 heavy (non-hydrogen) atoms. The van der Waals surface area contributed by atoms with Gasteiger partial charge >= 0.3 is 0 Å². The molecule has 1 aromatic rings. The van der Waals surface area contributed by atoms with E-state index in [1.807, 2.05) is 0 Å². The molecule has 0 aromatic heterocycles. The average molecular weight is 218 g/mol. The molecule has 0 N–H and O–H groups in total. The van der Waals surface area contributed by atoms with E-state index < -0.39 is 0 Å². The lowest BCUT2D eigenvalue weighted by atomic mass is 9.89. The molecule has 0 saturated carbocycles. The molecular formula is C14H18O2. The Morgan fingerprint density at radius 1 is 1.44 bits per heavy atom. The molecule has 1 aliphatic carbocycles. The summed E-state index contributed by atoms with van der Waals surface area (Å²) < 4.78 is 5.58. The third kappa shape index (κ3) is 2.70. The second-order valence-electron chi connectivity index (χ2n) is 4.65. The fourth-order valence-electron chi connectivity index (χ4n) is 2.23. The molecule has 0 amide bonds. The van der Waals surface area contributed by atoms with Gasteiger partial charge in [-0.05, 0) is 44.2 Å². The zero-order chi connectivity index (χ0) is 11.5. The van der Waals surface area contributed by atoms with Crippen LogP contribution in [0.4, 0.5) is 0 Å². The van der Waals surface area contributed by atoms with Crippen molar-refractivity contribution in [3.8, 4) is 0 Å². The van der Waals surface area contributed by atoms with Crippen LogP contribution in [0.5, 0.6) is 0 Å². The molecule has 2 rings (SSSR count). The molecule has 0 saturated heterocycles. The standard InChI is InChI=1S/C14H18O2/c1-10-3-4-13-8-14(16-9-11(2)15)6-5-12(13)7-10/h3-4,7,14H,5-6,8-9H2,1-2H3. The van der Waals surface area contributed by atoms with Gasteiger partial charge in [0, 0.05) is 0 Å². The molecule has 2 heteroatoms. The van der Waals surface area contributed by atoms with Crippen molar-refractivity contribution in [2.75, 3.05) is 6.61 Å². The van der Waals surface area contributed by atoms with E-state index in [1.54, 1.807) is 6.92 Å². The van der Waals surface area contributed by atoms with E-state index >= 15 is 0 Å². The van der Waals surface area contributed by atoms with Gasteiger partial charge in [-0.2, -0.15) is 0 Å². The second kappa shape index (κ2) is 4.79. The van der Waals surface area contributed by atoms with E-state index in [1.165, 1.54) is 16.7 Å². The normalized spacial score (nSPS) is 19.2. The highest BCUT2D eigenvalue weighted by Gasteiger charge is 2.19. The summed E-state index contributed by atoms with van der Waals surface area (Å²) in [5.41, 5.74) is 4.15. The van der Waals surface area contributed by atoms with Crippen molar-refractivity contribution >= 4 is 5.78 Å². The van der Waals surface area contributed by atoms with Gasteiger partial charge in [-0.15, -0.1) is 0 Å². The van der Waals surface area contributed by atoms with Gasteiger partial charge in [0.05, 0.1) is 6.10 Å². The van der Waals surface area contributed by atoms with Crippen LogP contribution in [0, 0.1) is 6.92 Å². The Morgan fingerprint density at radius 2 is 2.25 bits per heavy atom. The van der Waals surface area contributed by atoms with Crippen molar-refractivity contribution in [2.45, 2.75) is 39.2 Å². The fourth-order valence-corrected chi connectivity index (χ4v) is 2.23. The molecule has 1 aliphatic rings. The molecule has 1 atom stereocenters. The summed E-state index contributed by atoms with van der Waals surface area (Å²) >= 11 is 0. The lowest BCUT2D eigenvalue weighted by molar-refractivity contribution is -0.123. The van der Waals surface area contributed by atoms with Gasteiger partial charge in [-0.3, -0.25) is 4.79 Å². The number of fused-ring (bicyclic) bond motifs is 1. The SMILES string of the molecule is CC(=O)COC1CCc2cc(C)ccc2C1. The molecule has 1 aromatic carbocycles. The van der Waals surface area contributed by atoms with Gasteiger partial charge in [0.1, 0.15) is 6.61 Å². The van der Waals surface area contributed by atoms with Gasteiger partial charge in [0.2, 0.25) is 0 Å². The number of aryl methyl sites for hydroxylation is 2. The van der Waals surface area contributed by atoms with Crippen molar-refractivity contribution in [1.82, 2.24) is 0 Å². The first-order chi connectivity index (χ1) is 7.65. The zero-order valence-corrected chi connectivity index (χ0v) is 9.95. The minimum absolute atomic E-state index is 0.106. The van der Waals surface area contributed by atoms with Crippen molar-refractivity contribution < 1.29 is 9.53 Å². The third-order valence-corrected chi connectivity index (χ3v) is 3.07. The smallest absolute Gasteiger partial charge is 0.155 e. The van der Waals surface area contributed by atoms with Crippen LogP contribution in [0.25, 0.3) is 0 Å². The number of ether oxygens (including phenoxy) is 1. The molecule has 86 valence electrons. The van der Waals surface area contributed by atoms with Crippen LogP contribution >= 0.6 is 0 Å². The number of Topliss-reactive ketones (excluding diaryl/α,β-unsaturated/α-hetero) is 1. The zero-order valence-electron chi connectivity index (χ0n) is 9.95. The van der Waals surface area contributed by atoms with Gasteiger partial charge < -0.3 is 4.74 Å². The number of hydrogen-bond acceptors (Lipinski definition) is 2. The Bertz CT molecular complexity index is 396. The van der Waals surface area contributed by atoms with Crippen LogP contribution in [0.1, 0.15) is 30.0 Å². The predicted octanol–water partition coefficient (Wildman–Crippen LogP) is 2.46. The minimum Gasteiger partial charge on any atom is -0.370 e. The van der Waals surface area contributed by atoms with Gasteiger partial charge in [0.15, 0.2) is 5.78 Å².